The van der Waals surface area contributed by atoms with E-state index in [1.807, 2.05) is 42.5 Å². The lowest BCUT2D eigenvalue weighted by molar-refractivity contribution is 0.0954. The molecule has 0 fully saturated rings. The average Bonchev–Trinajstić information content (AvgIpc) is 3.30. The van der Waals surface area contributed by atoms with Gasteiger partial charge in [-0.1, -0.05) is 24.3 Å². The number of allylic oxidation sites excluding steroid dienone is 1. The maximum absolute atomic E-state index is 12.5. The molecule has 7 heteroatoms. The second-order valence-electron chi connectivity index (χ2n) is 8.94. The van der Waals surface area contributed by atoms with Crippen LogP contribution in [0, 0.1) is 0 Å². The molecule has 0 bridgehead atoms. The number of para-hydroxylation sites is 2. The van der Waals surface area contributed by atoms with Gasteiger partial charge in [0.2, 0.25) is 0 Å². The SMILES string of the molecule is C=CCc1ccc(OCCCCn2c(CCNC(=O)c3ccc(OC)cc3)nc3ccccc32)c(OC)c1. The first-order valence-electron chi connectivity index (χ1n) is 12.9. The minimum atomic E-state index is -0.111. The summed E-state index contributed by atoms with van der Waals surface area (Å²) in [5.41, 5.74) is 3.81. The summed E-state index contributed by atoms with van der Waals surface area (Å²) in [4.78, 5) is 17.4. The van der Waals surface area contributed by atoms with Gasteiger partial charge in [-0.3, -0.25) is 4.79 Å². The molecule has 0 spiro atoms. The second kappa shape index (κ2) is 13.3. The Labute approximate surface area is 224 Å². The summed E-state index contributed by atoms with van der Waals surface area (Å²) < 4.78 is 18.9. The summed E-state index contributed by atoms with van der Waals surface area (Å²) in [5.74, 6) is 3.06. The van der Waals surface area contributed by atoms with Crippen LogP contribution in [0.5, 0.6) is 17.2 Å². The average molecular weight is 514 g/mol. The number of fused-ring (bicyclic) bond motifs is 1. The molecule has 38 heavy (non-hydrogen) atoms. The van der Waals surface area contributed by atoms with Crippen molar-refractivity contribution >= 4 is 16.9 Å². The predicted octanol–water partition coefficient (Wildman–Crippen LogP) is 5.61. The minimum absolute atomic E-state index is 0.111. The summed E-state index contributed by atoms with van der Waals surface area (Å²) in [5, 5.41) is 3.00. The number of hydrogen-bond donors (Lipinski definition) is 1. The first-order valence-corrected chi connectivity index (χ1v) is 12.9. The van der Waals surface area contributed by atoms with Crippen LogP contribution in [0.1, 0.15) is 34.6 Å². The number of rotatable bonds is 14. The number of ether oxygens (including phenoxy) is 3. The first kappa shape index (κ1) is 26.8. The number of aryl methyl sites for hydroxylation is 1. The number of aromatic nitrogens is 2. The number of carbonyl (C=O) groups is 1. The molecule has 0 aliphatic carbocycles. The number of nitrogens with one attached hydrogen (secondary N) is 1. The molecular formula is C31H35N3O4. The van der Waals surface area contributed by atoms with Crippen LogP contribution >= 0.6 is 0 Å². The molecule has 0 saturated carbocycles. The van der Waals surface area contributed by atoms with Gasteiger partial charge in [0.1, 0.15) is 11.6 Å². The molecule has 0 radical (unpaired) electrons. The number of methoxy groups -OCH3 is 2. The standard InChI is InChI=1S/C31H35N3O4/c1-4-9-23-12-17-28(29(22-23)37-3)38-21-8-7-20-34-27-11-6-5-10-26(27)33-30(34)18-19-32-31(35)24-13-15-25(36-2)16-14-24/h4-6,10-17,22H,1,7-9,18-21H2,2-3H3,(H,32,35). The summed E-state index contributed by atoms with van der Waals surface area (Å²) in [6, 6.07) is 21.2. The van der Waals surface area contributed by atoms with Gasteiger partial charge in [0.05, 0.1) is 31.9 Å². The smallest absolute Gasteiger partial charge is 0.251 e. The molecule has 4 rings (SSSR count). The Morgan fingerprint density at radius 3 is 2.58 bits per heavy atom. The Kier molecular flexibility index (Phi) is 9.40. The van der Waals surface area contributed by atoms with Crippen LogP contribution in [0.15, 0.2) is 79.4 Å². The summed E-state index contributed by atoms with van der Waals surface area (Å²) in [6.07, 6.45) is 5.13. The topological polar surface area (TPSA) is 74.6 Å². The van der Waals surface area contributed by atoms with Gasteiger partial charge in [0.15, 0.2) is 11.5 Å². The fourth-order valence-corrected chi connectivity index (χ4v) is 4.38. The third kappa shape index (κ3) is 6.73. The van der Waals surface area contributed by atoms with Gasteiger partial charge in [-0.05, 0) is 73.4 Å². The molecule has 0 unspecified atom stereocenters. The van der Waals surface area contributed by atoms with Crippen molar-refractivity contribution < 1.29 is 19.0 Å². The highest BCUT2D eigenvalue weighted by molar-refractivity contribution is 5.94. The zero-order valence-corrected chi connectivity index (χ0v) is 22.1. The van der Waals surface area contributed by atoms with Crippen molar-refractivity contribution in [1.82, 2.24) is 14.9 Å². The molecule has 1 amide bonds. The van der Waals surface area contributed by atoms with Crippen LogP contribution < -0.4 is 19.5 Å². The molecule has 0 aliphatic heterocycles. The third-order valence-electron chi connectivity index (χ3n) is 6.36. The molecule has 7 nitrogen and oxygen atoms in total. The maximum Gasteiger partial charge on any atom is 0.251 e. The van der Waals surface area contributed by atoms with Crippen molar-refractivity contribution in [2.75, 3.05) is 27.4 Å². The van der Waals surface area contributed by atoms with E-state index in [4.69, 9.17) is 19.2 Å². The molecule has 4 aromatic rings. The monoisotopic (exact) mass is 513 g/mol. The molecule has 198 valence electrons. The van der Waals surface area contributed by atoms with Crippen LogP contribution in [0.4, 0.5) is 0 Å². The Hall–Kier alpha value is -4.26. The second-order valence-corrected chi connectivity index (χ2v) is 8.94. The molecule has 1 heterocycles. The van der Waals surface area contributed by atoms with E-state index in [-0.39, 0.29) is 5.91 Å². The van der Waals surface area contributed by atoms with Crippen molar-refractivity contribution in [2.45, 2.75) is 32.2 Å². The van der Waals surface area contributed by atoms with Crippen molar-refractivity contribution in [2.24, 2.45) is 0 Å². The van der Waals surface area contributed by atoms with E-state index in [1.165, 1.54) is 0 Å². The predicted molar refractivity (Wildman–Crippen MR) is 150 cm³/mol. The van der Waals surface area contributed by atoms with E-state index in [0.29, 0.717) is 25.1 Å². The zero-order chi connectivity index (χ0) is 26.7. The highest BCUT2D eigenvalue weighted by Gasteiger charge is 2.12. The number of hydrogen-bond acceptors (Lipinski definition) is 5. The van der Waals surface area contributed by atoms with Crippen LogP contribution in [-0.2, 0) is 19.4 Å². The zero-order valence-electron chi connectivity index (χ0n) is 22.1. The van der Waals surface area contributed by atoms with Gasteiger partial charge in [-0.2, -0.15) is 0 Å². The number of benzene rings is 3. The largest absolute Gasteiger partial charge is 0.497 e. The highest BCUT2D eigenvalue weighted by atomic mass is 16.5. The van der Waals surface area contributed by atoms with Crippen molar-refractivity contribution in [1.29, 1.82) is 0 Å². The summed E-state index contributed by atoms with van der Waals surface area (Å²) in [7, 11) is 3.26. The Balaban J connectivity index is 1.32. The molecule has 1 aromatic heterocycles. The number of imidazole rings is 1. The number of carbonyl (C=O) groups excluding carboxylic acids is 1. The minimum Gasteiger partial charge on any atom is -0.497 e. The number of unbranched alkanes of at least 4 members (excludes halogenated alkanes) is 1. The van der Waals surface area contributed by atoms with Crippen LogP contribution in [0.25, 0.3) is 11.0 Å². The highest BCUT2D eigenvalue weighted by Crippen LogP contribution is 2.28. The van der Waals surface area contributed by atoms with E-state index in [2.05, 4.69) is 22.5 Å². The van der Waals surface area contributed by atoms with E-state index in [0.717, 1.165) is 65.5 Å². The third-order valence-corrected chi connectivity index (χ3v) is 6.36. The Bertz CT molecular complexity index is 1360. The van der Waals surface area contributed by atoms with E-state index in [1.54, 1.807) is 38.5 Å². The van der Waals surface area contributed by atoms with Crippen molar-refractivity contribution in [3.8, 4) is 17.2 Å². The number of nitrogens with zero attached hydrogens (tertiary/aromatic N) is 2. The maximum atomic E-state index is 12.5. The molecule has 3 aromatic carbocycles. The van der Waals surface area contributed by atoms with Gasteiger partial charge in [0, 0.05) is 25.1 Å². The number of amides is 1. The van der Waals surface area contributed by atoms with Gasteiger partial charge in [-0.15, -0.1) is 6.58 Å². The quantitative estimate of drug-likeness (QED) is 0.175. The van der Waals surface area contributed by atoms with E-state index < -0.39 is 0 Å². The lowest BCUT2D eigenvalue weighted by Crippen LogP contribution is -2.26. The van der Waals surface area contributed by atoms with Gasteiger partial charge >= 0.3 is 0 Å². The molecule has 0 aliphatic rings. The fourth-order valence-electron chi connectivity index (χ4n) is 4.38. The Morgan fingerprint density at radius 2 is 1.82 bits per heavy atom. The molecule has 0 saturated heterocycles. The van der Waals surface area contributed by atoms with Crippen LogP contribution in [-0.4, -0.2) is 42.8 Å². The van der Waals surface area contributed by atoms with Crippen LogP contribution in [0.2, 0.25) is 0 Å². The van der Waals surface area contributed by atoms with Crippen molar-refractivity contribution in [3.63, 3.8) is 0 Å². The first-order chi connectivity index (χ1) is 18.6. The van der Waals surface area contributed by atoms with E-state index >= 15 is 0 Å². The molecule has 1 N–H and O–H groups in total. The summed E-state index contributed by atoms with van der Waals surface area (Å²) in [6.45, 7) is 5.70. The van der Waals surface area contributed by atoms with Crippen LogP contribution in [0.3, 0.4) is 0 Å². The van der Waals surface area contributed by atoms with Gasteiger partial charge < -0.3 is 24.1 Å². The summed E-state index contributed by atoms with van der Waals surface area (Å²) >= 11 is 0. The molecular weight excluding hydrogens is 478 g/mol. The fraction of sp³-hybridized carbons (Fsp3) is 0.290. The lowest BCUT2D eigenvalue weighted by Gasteiger charge is -2.13. The van der Waals surface area contributed by atoms with Gasteiger partial charge in [-0.25, -0.2) is 4.98 Å². The lowest BCUT2D eigenvalue weighted by atomic mass is 10.1. The normalized spacial score (nSPS) is 10.8. The van der Waals surface area contributed by atoms with Crippen molar-refractivity contribution in [3.05, 3.63) is 96.3 Å². The Morgan fingerprint density at radius 1 is 1.00 bits per heavy atom. The van der Waals surface area contributed by atoms with E-state index in [9.17, 15) is 4.79 Å². The van der Waals surface area contributed by atoms with Gasteiger partial charge in [0.25, 0.3) is 5.91 Å². The molecule has 0 atom stereocenters.